The van der Waals surface area contributed by atoms with Crippen LogP contribution in [0, 0.1) is 0 Å². The molecule has 1 aromatic carbocycles. The maximum atomic E-state index is 9.79. The highest BCUT2D eigenvalue weighted by Crippen LogP contribution is 2.30. The molecule has 1 rings (SSSR count). The number of hydrogen-bond donors (Lipinski definition) is 4. The molecule has 0 heterocycles. The van der Waals surface area contributed by atoms with Crippen LogP contribution in [0.25, 0.3) is 0 Å². The number of phenolic OH excluding ortho intramolecular Hbond substituents is 1. The summed E-state index contributed by atoms with van der Waals surface area (Å²) in [5.41, 5.74) is 5.77. The van der Waals surface area contributed by atoms with Gasteiger partial charge in [-0.3, -0.25) is 0 Å². The van der Waals surface area contributed by atoms with E-state index in [4.69, 9.17) is 10.5 Å². The summed E-state index contributed by atoms with van der Waals surface area (Å²) in [5, 5.41) is 28.7. The van der Waals surface area contributed by atoms with Crippen molar-refractivity contribution in [1.82, 2.24) is 0 Å². The van der Waals surface area contributed by atoms with Crippen LogP contribution < -0.4 is 10.5 Å². The van der Waals surface area contributed by atoms with E-state index in [0.717, 1.165) is 0 Å². The molecule has 5 heteroatoms. The predicted octanol–water partition coefficient (Wildman–Crippen LogP) is 0.144. The van der Waals surface area contributed by atoms with Crippen molar-refractivity contribution in [2.24, 2.45) is 5.73 Å². The average Bonchev–Trinajstić information content (AvgIpc) is 2.29. The van der Waals surface area contributed by atoms with Crippen LogP contribution in [0.5, 0.6) is 11.5 Å². The summed E-state index contributed by atoms with van der Waals surface area (Å²) in [6.45, 7) is 0.299. The van der Waals surface area contributed by atoms with Crippen LogP contribution in [-0.2, 0) is 0 Å². The summed E-state index contributed by atoms with van der Waals surface area (Å²) in [6.07, 6.45) is -1.64. The largest absolute Gasteiger partial charge is 0.504 e. The second kappa shape index (κ2) is 5.69. The van der Waals surface area contributed by atoms with Gasteiger partial charge in [-0.1, -0.05) is 6.07 Å². The van der Waals surface area contributed by atoms with Crippen molar-refractivity contribution in [2.75, 3.05) is 13.7 Å². The third kappa shape index (κ3) is 2.85. The summed E-state index contributed by atoms with van der Waals surface area (Å²) in [4.78, 5) is 0. The maximum absolute atomic E-state index is 9.79. The number of ether oxygens (including phenoxy) is 1. The first-order valence-corrected chi connectivity index (χ1v) is 5.03. The highest BCUT2D eigenvalue weighted by atomic mass is 16.5. The lowest BCUT2D eigenvalue weighted by Gasteiger charge is -2.18. The van der Waals surface area contributed by atoms with Crippen molar-refractivity contribution < 1.29 is 20.1 Å². The van der Waals surface area contributed by atoms with Gasteiger partial charge in [0.05, 0.1) is 13.2 Å². The van der Waals surface area contributed by atoms with E-state index in [1.165, 1.54) is 25.3 Å². The molecule has 0 aromatic heterocycles. The zero-order valence-corrected chi connectivity index (χ0v) is 9.13. The molecule has 2 atom stereocenters. The number of methoxy groups -OCH3 is 1. The van der Waals surface area contributed by atoms with Gasteiger partial charge in [-0.25, -0.2) is 0 Å². The molecule has 0 radical (unpaired) electrons. The second-order valence-electron chi connectivity index (χ2n) is 3.52. The lowest BCUT2D eigenvalue weighted by Crippen LogP contribution is -2.21. The van der Waals surface area contributed by atoms with Crippen molar-refractivity contribution in [3.8, 4) is 11.5 Å². The van der Waals surface area contributed by atoms with E-state index < -0.39 is 12.2 Å². The normalized spacial score (nSPS) is 14.5. The SMILES string of the molecule is COc1cc(C(O)C(O)CCN)ccc1O. The van der Waals surface area contributed by atoms with E-state index in [-0.39, 0.29) is 11.5 Å². The van der Waals surface area contributed by atoms with Crippen LogP contribution >= 0.6 is 0 Å². The fraction of sp³-hybridized carbons (Fsp3) is 0.455. The lowest BCUT2D eigenvalue weighted by molar-refractivity contribution is 0.0149. The van der Waals surface area contributed by atoms with Gasteiger partial charge < -0.3 is 25.8 Å². The summed E-state index contributed by atoms with van der Waals surface area (Å²) in [5.74, 6) is 0.253. The minimum absolute atomic E-state index is 0.00763. The molecule has 1 aromatic rings. The van der Waals surface area contributed by atoms with Crippen LogP contribution in [0.2, 0.25) is 0 Å². The molecule has 0 fully saturated rings. The molecule has 0 amide bonds. The zero-order chi connectivity index (χ0) is 12.1. The van der Waals surface area contributed by atoms with E-state index in [9.17, 15) is 15.3 Å². The first-order chi connectivity index (χ1) is 7.60. The van der Waals surface area contributed by atoms with E-state index in [1.54, 1.807) is 0 Å². The van der Waals surface area contributed by atoms with Gasteiger partial charge in [-0.15, -0.1) is 0 Å². The van der Waals surface area contributed by atoms with Crippen molar-refractivity contribution in [2.45, 2.75) is 18.6 Å². The van der Waals surface area contributed by atoms with Crippen LogP contribution in [0.4, 0.5) is 0 Å². The third-order valence-electron chi connectivity index (χ3n) is 2.37. The number of aliphatic hydroxyl groups is 2. The van der Waals surface area contributed by atoms with Gasteiger partial charge in [0.25, 0.3) is 0 Å². The second-order valence-corrected chi connectivity index (χ2v) is 3.52. The molecule has 5 N–H and O–H groups in total. The Hall–Kier alpha value is -1.30. The standard InChI is InChI=1S/C11H17NO4/c1-16-10-6-7(2-3-8(10)13)11(15)9(14)4-5-12/h2-3,6,9,11,13-15H,4-5,12H2,1H3. The number of benzene rings is 1. The van der Waals surface area contributed by atoms with Crippen LogP contribution in [0.1, 0.15) is 18.1 Å². The first kappa shape index (κ1) is 12.8. The Kier molecular flexibility index (Phi) is 4.54. The van der Waals surface area contributed by atoms with Gasteiger partial charge in [0.1, 0.15) is 6.10 Å². The summed E-state index contributed by atoms with van der Waals surface area (Å²) >= 11 is 0. The van der Waals surface area contributed by atoms with E-state index >= 15 is 0 Å². The smallest absolute Gasteiger partial charge is 0.160 e. The number of aliphatic hydroxyl groups excluding tert-OH is 2. The third-order valence-corrected chi connectivity index (χ3v) is 2.37. The molecule has 0 aliphatic carbocycles. The molecule has 0 spiro atoms. The fourth-order valence-corrected chi connectivity index (χ4v) is 1.43. The van der Waals surface area contributed by atoms with E-state index in [1.807, 2.05) is 0 Å². The van der Waals surface area contributed by atoms with E-state index in [0.29, 0.717) is 18.5 Å². The number of nitrogens with two attached hydrogens (primary N) is 1. The first-order valence-electron chi connectivity index (χ1n) is 5.03. The van der Waals surface area contributed by atoms with Gasteiger partial charge in [0.15, 0.2) is 11.5 Å². The van der Waals surface area contributed by atoms with E-state index in [2.05, 4.69) is 0 Å². The Morgan fingerprint density at radius 1 is 1.38 bits per heavy atom. The minimum Gasteiger partial charge on any atom is -0.504 e. The van der Waals surface area contributed by atoms with Crippen molar-refractivity contribution in [3.63, 3.8) is 0 Å². The molecule has 0 aliphatic rings. The Bertz CT molecular complexity index is 343. The highest BCUT2D eigenvalue weighted by molar-refractivity contribution is 5.42. The molecule has 0 aliphatic heterocycles. The van der Waals surface area contributed by atoms with Gasteiger partial charge in [0, 0.05) is 0 Å². The predicted molar refractivity (Wildman–Crippen MR) is 59.3 cm³/mol. The quantitative estimate of drug-likeness (QED) is 0.574. The molecular formula is C11H17NO4. The molecule has 2 unspecified atom stereocenters. The number of rotatable bonds is 5. The number of aromatic hydroxyl groups is 1. The van der Waals surface area contributed by atoms with Gasteiger partial charge in [-0.05, 0) is 30.7 Å². The Labute approximate surface area is 94.1 Å². The maximum Gasteiger partial charge on any atom is 0.160 e. The highest BCUT2D eigenvalue weighted by Gasteiger charge is 2.18. The van der Waals surface area contributed by atoms with Crippen LogP contribution in [-0.4, -0.2) is 35.1 Å². The van der Waals surface area contributed by atoms with Gasteiger partial charge >= 0.3 is 0 Å². The Morgan fingerprint density at radius 3 is 2.62 bits per heavy atom. The van der Waals surface area contributed by atoms with Gasteiger partial charge in [-0.2, -0.15) is 0 Å². The fourth-order valence-electron chi connectivity index (χ4n) is 1.43. The molecule has 0 saturated carbocycles. The summed E-state index contributed by atoms with van der Waals surface area (Å²) < 4.78 is 4.91. The minimum atomic E-state index is -1.03. The molecule has 0 bridgehead atoms. The lowest BCUT2D eigenvalue weighted by atomic mass is 10.0. The van der Waals surface area contributed by atoms with Crippen LogP contribution in [0.3, 0.4) is 0 Å². The van der Waals surface area contributed by atoms with Crippen LogP contribution in [0.15, 0.2) is 18.2 Å². The molecule has 5 nitrogen and oxygen atoms in total. The average molecular weight is 227 g/mol. The zero-order valence-electron chi connectivity index (χ0n) is 9.13. The number of hydrogen-bond acceptors (Lipinski definition) is 5. The van der Waals surface area contributed by atoms with Crippen molar-refractivity contribution in [1.29, 1.82) is 0 Å². The topological polar surface area (TPSA) is 95.9 Å². The monoisotopic (exact) mass is 227 g/mol. The Morgan fingerprint density at radius 2 is 2.06 bits per heavy atom. The molecule has 90 valence electrons. The Balaban J connectivity index is 2.87. The van der Waals surface area contributed by atoms with Crippen molar-refractivity contribution >= 4 is 0 Å². The summed E-state index contributed by atoms with van der Waals surface area (Å²) in [6, 6.07) is 4.43. The molecular weight excluding hydrogens is 210 g/mol. The molecule has 0 saturated heterocycles. The summed E-state index contributed by atoms with van der Waals surface area (Å²) in [7, 11) is 1.42. The van der Waals surface area contributed by atoms with Gasteiger partial charge in [0.2, 0.25) is 0 Å². The van der Waals surface area contributed by atoms with Crippen molar-refractivity contribution in [3.05, 3.63) is 23.8 Å². The molecule has 16 heavy (non-hydrogen) atoms. The number of phenols is 1.